The van der Waals surface area contributed by atoms with Crippen LogP contribution in [0.25, 0.3) is 0 Å². The van der Waals surface area contributed by atoms with E-state index in [1.165, 1.54) is 4.68 Å². The lowest BCUT2D eigenvalue weighted by atomic mass is 10.1. The van der Waals surface area contributed by atoms with Gasteiger partial charge in [0.15, 0.2) is 18.1 Å². The van der Waals surface area contributed by atoms with Crippen molar-refractivity contribution in [3.05, 3.63) is 35.5 Å². The smallest absolute Gasteiger partial charge is 0.252 e. The molecule has 152 valence electrons. The molecule has 1 unspecified atom stereocenters. The molecule has 29 heavy (non-hydrogen) atoms. The zero-order chi connectivity index (χ0) is 20.7. The molecule has 0 bridgehead atoms. The molecule has 2 amide bonds. The number of carbonyl (C=O) groups is 2. The van der Waals surface area contributed by atoms with Crippen LogP contribution in [0.1, 0.15) is 30.5 Å². The zero-order valence-corrected chi connectivity index (χ0v) is 16.9. The van der Waals surface area contributed by atoms with Gasteiger partial charge in [0.2, 0.25) is 5.91 Å². The largest absolute Gasteiger partial charge is 0.539 e. The number of aromatic nitrogens is 2. The van der Waals surface area contributed by atoms with Gasteiger partial charge in [0.1, 0.15) is 12.6 Å². The van der Waals surface area contributed by atoms with Gasteiger partial charge < -0.3 is 19.8 Å². The highest BCUT2D eigenvalue weighted by Crippen LogP contribution is 2.34. The molecule has 0 radical (unpaired) electrons. The molecular weight excluding hydrogens is 394 g/mol. The van der Waals surface area contributed by atoms with Gasteiger partial charge in [-0.1, -0.05) is 22.4 Å². The maximum absolute atomic E-state index is 13.0. The quantitative estimate of drug-likeness (QED) is 0.537. The van der Waals surface area contributed by atoms with Crippen molar-refractivity contribution >= 4 is 34.8 Å². The van der Waals surface area contributed by atoms with E-state index in [0.717, 1.165) is 18.4 Å². The second-order valence-corrected chi connectivity index (χ2v) is 7.78. The number of benzene rings is 1. The molecule has 1 saturated heterocycles. The summed E-state index contributed by atoms with van der Waals surface area (Å²) in [7, 11) is 1.58. The van der Waals surface area contributed by atoms with Gasteiger partial charge in [0.25, 0.3) is 11.6 Å². The molecule has 4 rings (SSSR count). The lowest BCUT2D eigenvalue weighted by Crippen LogP contribution is -2.42. The highest BCUT2D eigenvalue weighted by molar-refractivity contribution is 7.80. The molecule has 9 nitrogen and oxygen atoms in total. The Morgan fingerprint density at radius 1 is 1.38 bits per heavy atom. The Hall–Kier alpha value is -3.01. The summed E-state index contributed by atoms with van der Waals surface area (Å²) in [6, 6.07) is 6.71. The van der Waals surface area contributed by atoms with E-state index in [4.69, 9.17) is 12.2 Å². The number of nitrogens with one attached hydrogen (secondary N) is 1. The van der Waals surface area contributed by atoms with Gasteiger partial charge in [0, 0.05) is 11.7 Å². The van der Waals surface area contributed by atoms with E-state index in [-0.39, 0.29) is 36.5 Å². The van der Waals surface area contributed by atoms with Crippen molar-refractivity contribution in [3.63, 3.8) is 0 Å². The van der Waals surface area contributed by atoms with Crippen molar-refractivity contribution in [3.8, 4) is 5.95 Å². The molecule has 1 aromatic heterocycles. The zero-order valence-electron chi connectivity index (χ0n) is 16.1. The Bertz CT molecular complexity index is 950. The van der Waals surface area contributed by atoms with Crippen LogP contribution in [0, 0.1) is 6.92 Å². The molecule has 2 heterocycles. The second kappa shape index (κ2) is 7.43. The molecular formula is C19H21N5O4S. The minimum atomic E-state index is -0.775. The van der Waals surface area contributed by atoms with E-state index in [1.807, 2.05) is 31.2 Å². The van der Waals surface area contributed by atoms with E-state index < -0.39 is 12.0 Å². The van der Waals surface area contributed by atoms with Crippen LogP contribution in [-0.2, 0) is 23.2 Å². The second-order valence-electron chi connectivity index (χ2n) is 7.41. The van der Waals surface area contributed by atoms with Crippen molar-refractivity contribution in [2.75, 3.05) is 5.32 Å². The van der Waals surface area contributed by atoms with Crippen molar-refractivity contribution in [2.45, 2.75) is 44.8 Å². The van der Waals surface area contributed by atoms with E-state index in [9.17, 15) is 14.7 Å². The molecule has 1 atom stereocenters. The molecule has 1 aromatic carbocycles. The van der Waals surface area contributed by atoms with Crippen LogP contribution in [0.3, 0.4) is 0 Å². The molecule has 10 heteroatoms. The predicted molar refractivity (Wildman–Crippen MR) is 103 cm³/mol. The van der Waals surface area contributed by atoms with Gasteiger partial charge in [-0.05, 0) is 44.1 Å². The van der Waals surface area contributed by atoms with Crippen molar-refractivity contribution < 1.29 is 23.9 Å². The highest BCUT2D eigenvalue weighted by atomic mass is 32.1. The van der Waals surface area contributed by atoms with Crippen LogP contribution >= 0.6 is 12.2 Å². The van der Waals surface area contributed by atoms with Crippen molar-refractivity contribution in [1.82, 2.24) is 15.1 Å². The maximum Gasteiger partial charge on any atom is 0.252 e. The average molecular weight is 415 g/mol. The van der Waals surface area contributed by atoms with Crippen LogP contribution in [0.2, 0.25) is 0 Å². The lowest BCUT2D eigenvalue weighted by Gasteiger charge is -2.22. The molecule has 1 aliphatic carbocycles. The fourth-order valence-electron chi connectivity index (χ4n) is 3.39. The number of nitrogens with zero attached hydrogens (tertiary/aromatic N) is 4. The van der Waals surface area contributed by atoms with Crippen LogP contribution in [-0.4, -0.2) is 44.1 Å². The summed E-state index contributed by atoms with van der Waals surface area (Å²) in [6.45, 7) is 2.01. The maximum atomic E-state index is 13.0. The fraction of sp³-hybridized carbons (Fsp3) is 0.421. The first-order valence-corrected chi connectivity index (χ1v) is 9.78. The Morgan fingerprint density at radius 2 is 2.07 bits per heavy atom. The summed E-state index contributed by atoms with van der Waals surface area (Å²) < 4.78 is 5.99. The third-order valence-electron chi connectivity index (χ3n) is 5.17. The minimum Gasteiger partial charge on any atom is -0.539 e. The number of amides is 2. The first-order valence-electron chi connectivity index (χ1n) is 9.37. The lowest BCUT2D eigenvalue weighted by molar-refractivity contribution is -0.746. The Kier molecular flexibility index (Phi) is 4.95. The number of rotatable bonds is 6. The third-order valence-corrected chi connectivity index (χ3v) is 5.60. The Morgan fingerprint density at radius 3 is 2.66 bits per heavy atom. The highest BCUT2D eigenvalue weighted by Gasteiger charge is 2.49. The monoisotopic (exact) mass is 415 g/mol. The minimum absolute atomic E-state index is 0.0507. The van der Waals surface area contributed by atoms with Crippen LogP contribution in [0.15, 0.2) is 28.8 Å². The van der Waals surface area contributed by atoms with Crippen LogP contribution < -0.4 is 15.1 Å². The SMILES string of the molecule is Cc1ccc(NC(=O)CC2C(=O)N(C3CC3)C(=S)N2Cc2c([O-])on[n+]2C)cc1. The van der Waals surface area contributed by atoms with E-state index in [1.54, 1.807) is 16.8 Å². The van der Waals surface area contributed by atoms with Crippen molar-refractivity contribution in [1.29, 1.82) is 0 Å². The number of hydrogen-bond acceptors (Lipinski definition) is 6. The molecule has 2 aromatic rings. The standard InChI is InChI=1S/C19H21N5O4S/c1-11-3-5-12(6-4-11)20-16(25)9-14-17(26)24(13-7-8-13)19(29)23(14)10-15-18(27)28-21-22(15)2/h3-6,13-14H,7-10H2,1-2H3,(H-,20,21,25,27). The fourth-order valence-corrected chi connectivity index (χ4v) is 3.82. The van der Waals surface area contributed by atoms with Gasteiger partial charge in [-0.2, -0.15) is 0 Å². The number of aryl methyl sites for hydroxylation is 2. The van der Waals surface area contributed by atoms with Gasteiger partial charge in [0.05, 0.1) is 11.7 Å². The predicted octanol–water partition coefficient (Wildman–Crippen LogP) is 0.370. The van der Waals surface area contributed by atoms with Crippen LogP contribution in [0.5, 0.6) is 5.95 Å². The molecule has 2 fully saturated rings. The number of anilines is 1. The molecule has 1 aliphatic heterocycles. The third kappa shape index (κ3) is 3.80. The van der Waals surface area contributed by atoms with Crippen molar-refractivity contribution in [2.24, 2.45) is 7.05 Å². The molecule has 1 N–H and O–H groups in total. The number of hydrogen-bond donors (Lipinski definition) is 1. The average Bonchev–Trinajstić information content (AvgIpc) is 3.42. The normalized spacial score (nSPS) is 19.2. The summed E-state index contributed by atoms with van der Waals surface area (Å²) in [5.74, 6) is -1.09. The topological polar surface area (TPSA) is 106 Å². The molecule has 2 aliphatic rings. The summed E-state index contributed by atoms with van der Waals surface area (Å²) in [5, 5.41) is 18.7. The van der Waals surface area contributed by atoms with E-state index in [0.29, 0.717) is 10.8 Å². The van der Waals surface area contributed by atoms with E-state index in [2.05, 4.69) is 15.1 Å². The first kappa shape index (κ1) is 19.3. The van der Waals surface area contributed by atoms with Crippen LogP contribution in [0.4, 0.5) is 5.69 Å². The summed E-state index contributed by atoms with van der Waals surface area (Å²) in [4.78, 5) is 28.9. The first-order chi connectivity index (χ1) is 13.8. The Balaban J connectivity index is 1.54. The Labute approximate surface area is 172 Å². The van der Waals surface area contributed by atoms with Gasteiger partial charge in [-0.25, -0.2) is 0 Å². The van der Waals surface area contributed by atoms with Gasteiger partial charge >= 0.3 is 0 Å². The molecule has 0 spiro atoms. The summed E-state index contributed by atoms with van der Waals surface area (Å²) in [6.07, 6.45) is 1.70. The summed E-state index contributed by atoms with van der Waals surface area (Å²) >= 11 is 5.53. The van der Waals surface area contributed by atoms with E-state index >= 15 is 0 Å². The number of thiocarbonyl (C=S) groups is 1. The van der Waals surface area contributed by atoms with Gasteiger partial charge in [-0.15, -0.1) is 0 Å². The number of carbonyl (C=O) groups excluding carboxylic acids is 2. The summed E-state index contributed by atoms with van der Waals surface area (Å²) in [5.41, 5.74) is 2.01. The molecule has 1 saturated carbocycles. The van der Waals surface area contributed by atoms with Gasteiger partial charge in [-0.3, -0.25) is 14.5 Å².